The van der Waals surface area contributed by atoms with Gasteiger partial charge in [-0.15, -0.1) is 0 Å². The predicted octanol–water partition coefficient (Wildman–Crippen LogP) is 1.06. The summed E-state index contributed by atoms with van der Waals surface area (Å²) in [6, 6.07) is 3.88. The first-order valence-electron chi connectivity index (χ1n) is 7.55. The number of rotatable bonds is 3. The number of fused-ring (bicyclic) bond motifs is 1. The van der Waals surface area contributed by atoms with E-state index in [4.69, 9.17) is 0 Å². The van der Waals surface area contributed by atoms with Crippen LogP contribution in [0.15, 0.2) is 41.8 Å². The standard InChI is InChI=1S/C15H18N6O/c22-15-8-12(18-14-3-4-17-21(14)15)9-19-6-1-2-13(10-19)20-7-5-16-11-20/h3-5,7-8,11,13,17H,1-2,6,9-10H2. The zero-order valence-electron chi connectivity index (χ0n) is 12.2. The van der Waals surface area contributed by atoms with Crippen LogP contribution in [0.2, 0.25) is 0 Å². The van der Waals surface area contributed by atoms with Gasteiger partial charge in [-0.25, -0.2) is 14.5 Å². The first kappa shape index (κ1) is 13.3. The van der Waals surface area contributed by atoms with Crippen LogP contribution >= 0.6 is 0 Å². The van der Waals surface area contributed by atoms with E-state index >= 15 is 0 Å². The van der Waals surface area contributed by atoms with Gasteiger partial charge in [-0.3, -0.25) is 14.8 Å². The second-order valence-electron chi connectivity index (χ2n) is 5.78. The smallest absolute Gasteiger partial charge is 0.272 e. The van der Waals surface area contributed by atoms with Crippen molar-refractivity contribution >= 4 is 5.65 Å². The lowest BCUT2D eigenvalue weighted by molar-refractivity contribution is 0.168. The van der Waals surface area contributed by atoms with E-state index in [2.05, 4.69) is 24.5 Å². The molecule has 0 bridgehead atoms. The van der Waals surface area contributed by atoms with Crippen molar-refractivity contribution in [2.45, 2.75) is 25.4 Å². The predicted molar refractivity (Wildman–Crippen MR) is 81.6 cm³/mol. The molecule has 3 aromatic rings. The number of piperidine rings is 1. The SMILES string of the molecule is O=c1cc(CN2CCCC(n3ccnc3)C2)nc2cc[nH]n12. The molecular weight excluding hydrogens is 280 g/mol. The summed E-state index contributed by atoms with van der Waals surface area (Å²) in [5.41, 5.74) is 1.44. The third-order valence-electron chi connectivity index (χ3n) is 4.25. The molecule has 3 aromatic heterocycles. The summed E-state index contributed by atoms with van der Waals surface area (Å²) in [6.07, 6.45) is 9.76. The van der Waals surface area contributed by atoms with Gasteiger partial charge in [0.2, 0.25) is 0 Å². The summed E-state index contributed by atoms with van der Waals surface area (Å²) in [4.78, 5) is 23.1. The number of hydrogen-bond donors (Lipinski definition) is 1. The van der Waals surface area contributed by atoms with Gasteiger partial charge in [0.25, 0.3) is 5.56 Å². The number of likely N-dealkylation sites (tertiary alicyclic amines) is 1. The maximum absolute atomic E-state index is 12.0. The van der Waals surface area contributed by atoms with Gasteiger partial charge < -0.3 is 4.57 Å². The van der Waals surface area contributed by atoms with Crippen molar-refractivity contribution in [1.82, 2.24) is 29.0 Å². The Hall–Kier alpha value is -2.41. The molecule has 1 N–H and O–H groups in total. The number of hydrogen-bond acceptors (Lipinski definition) is 4. The van der Waals surface area contributed by atoms with Gasteiger partial charge >= 0.3 is 0 Å². The molecule has 0 saturated carbocycles. The topological polar surface area (TPSA) is 71.2 Å². The summed E-state index contributed by atoms with van der Waals surface area (Å²) in [5.74, 6) is 0. The van der Waals surface area contributed by atoms with Crippen molar-refractivity contribution in [3.63, 3.8) is 0 Å². The van der Waals surface area contributed by atoms with Crippen LogP contribution in [-0.2, 0) is 6.54 Å². The van der Waals surface area contributed by atoms with Crippen LogP contribution < -0.4 is 5.56 Å². The zero-order valence-corrected chi connectivity index (χ0v) is 12.2. The Morgan fingerprint density at radius 3 is 3.23 bits per heavy atom. The number of nitrogens with zero attached hydrogens (tertiary/aromatic N) is 5. The lowest BCUT2D eigenvalue weighted by Crippen LogP contribution is -2.36. The van der Waals surface area contributed by atoms with Crippen molar-refractivity contribution in [3.8, 4) is 0 Å². The summed E-state index contributed by atoms with van der Waals surface area (Å²) in [7, 11) is 0. The highest BCUT2D eigenvalue weighted by atomic mass is 16.1. The highest BCUT2D eigenvalue weighted by Gasteiger charge is 2.21. The Balaban J connectivity index is 1.53. The van der Waals surface area contributed by atoms with Crippen molar-refractivity contribution in [2.24, 2.45) is 0 Å². The molecule has 1 saturated heterocycles. The summed E-state index contributed by atoms with van der Waals surface area (Å²) >= 11 is 0. The van der Waals surface area contributed by atoms with Crippen LogP contribution in [-0.4, -0.2) is 42.1 Å². The van der Waals surface area contributed by atoms with Crippen LogP contribution in [0.25, 0.3) is 5.65 Å². The van der Waals surface area contributed by atoms with Crippen molar-refractivity contribution in [3.05, 3.63) is 53.1 Å². The fourth-order valence-electron chi connectivity index (χ4n) is 3.19. The largest absolute Gasteiger partial charge is 0.333 e. The molecule has 114 valence electrons. The fraction of sp³-hybridized carbons (Fsp3) is 0.400. The van der Waals surface area contributed by atoms with E-state index in [-0.39, 0.29) is 5.56 Å². The summed E-state index contributed by atoms with van der Waals surface area (Å²) in [6.45, 7) is 2.71. The molecule has 0 amide bonds. The average Bonchev–Trinajstić information content (AvgIpc) is 3.19. The molecule has 0 aromatic carbocycles. The van der Waals surface area contributed by atoms with E-state index in [1.165, 1.54) is 10.9 Å². The number of nitrogens with one attached hydrogen (secondary N) is 1. The van der Waals surface area contributed by atoms with Crippen LogP contribution in [0.1, 0.15) is 24.6 Å². The molecule has 1 unspecified atom stereocenters. The van der Waals surface area contributed by atoms with Gasteiger partial charge in [0, 0.05) is 49.9 Å². The molecule has 7 heteroatoms. The second-order valence-corrected chi connectivity index (χ2v) is 5.78. The molecule has 7 nitrogen and oxygen atoms in total. The Morgan fingerprint density at radius 2 is 2.36 bits per heavy atom. The maximum Gasteiger partial charge on any atom is 0.272 e. The number of H-pyrrole nitrogens is 1. The molecule has 0 radical (unpaired) electrons. The van der Waals surface area contributed by atoms with Gasteiger partial charge in [-0.2, -0.15) is 0 Å². The Bertz CT molecular complexity index is 818. The molecule has 4 rings (SSSR count). The fourth-order valence-corrected chi connectivity index (χ4v) is 3.19. The van der Waals surface area contributed by atoms with Gasteiger partial charge in [-0.05, 0) is 19.4 Å². The lowest BCUT2D eigenvalue weighted by Gasteiger charge is -2.33. The zero-order chi connectivity index (χ0) is 14.9. The highest BCUT2D eigenvalue weighted by molar-refractivity contribution is 5.36. The minimum atomic E-state index is -0.0619. The molecule has 4 heterocycles. The van der Waals surface area contributed by atoms with Gasteiger partial charge in [0.15, 0.2) is 5.65 Å². The Kier molecular flexibility index (Phi) is 3.27. The molecular formula is C15H18N6O. The van der Waals surface area contributed by atoms with Crippen LogP contribution in [0.5, 0.6) is 0 Å². The third-order valence-corrected chi connectivity index (χ3v) is 4.25. The van der Waals surface area contributed by atoms with Gasteiger partial charge in [0.05, 0.1) is 12.0 Å². The quantitative estimate of drug-likeness (QED) is 0.785. The number of aromatic nitrogens is 5. The van der Waals surface area contributed by atoms with Crippen LogP contribution in [0, 0.1) is 0 Å². The van der Waals surface area contributed by atoms with E-state index in [9.17, 15) is 4.79 Å². The van der Waals surface area contributed by atoms with Crippen LogP contribution in [0.3, 0.4) is 0 Å². The third kappa shape index (κ3) is 2.43. The Morgan fingerprint density at radius 1 is 1.41 bits per heavy atom. The molecule has 1 atom stereocenters. The van der Waals surface area contributed by atoms with E-state index in [1.807, 2.05) is 24.8 Å². The maximum atomic E-state index is 12.0. The normalized spacial score (nSPS) is 19.7. The highest BCUT2D eigenvalue weighted by Crippen LogP contribution is 2.22. The lowest BCUT2D eigenvalue weighted by atomic mass is 10.1. The average molecular weight is 298 g/mol. The van der Waals surface area contributed by atoms with Crippen molar-refractivity contribution in [2.75, 3.05) is 13.1 Å². The van der Waals surface area contributed by atoms with Gasteiger partial charge in [0.1, 0.15) is 0 Å². The van der Waals surface area contributed by atoms with Gasteiger partial charge in [-0.1, -0.05) is 0 Å². The number of aromatic amines is 1. The molecule has 1 fully saturated rings. The van der Waals surface area contributed by atoms with Crippen molar-refractivity contribution < 1.29 is 0 Å². The minimum absolute atomic E-state index is 0.0619. The minimum Gasteiger partial charge on any atom is -0.333 e. The van der Waals surface area contributed by atoms with Crippen molar-refractivity contribution in [1.29, 1.82) is 0 Å². The molecule has 0 spiro atoms. The van der Waals surface area contributed by atoms with Crippen LogP contribution in [0.4, 0.5) is 0 Å². The first-order chi connectivity index (χ1) is 10.8. The molecule has 1 aliphatic rings. The second kappa shape index (κ2) is 5.42. The summed E-state index contributed by atoms with van der Waals surface area (Å²) < 4.78 is 3.62. The van der Waals surface area contributed by atoms with E-state index in [0.717, 1.165) is 25.2 Å². The number of imidazole rings is 1. The first-order valence-corrected chi connectivity index (χ1v) is 7.55. The molecule has 22 heavy (non-hydrogen) atoms. The molecule has 0 aliphatic carbocycles. The molecule has 1 aliphatic heterocycles. The monoisotopic (exact) mass is 298 g/mol. The van der Waals surface area contributed by atoms with E-state index in [0.29, 0.717) is 18.2 Å². The van der Waals surface area contributed by atoms with E-state index in [1.54, 1.807) is 12.3 Å². The summed E-state index contributed by atoms with van der Waals surface area (Å²) in [5, 5.41) is 2.86. The Labute approximate surface area is 127 Å². The van der Waals surface area contributed by atoms with E-state index < -0.39 is 0 Å².